The molecule has 0 spiro atoms. The van der Waals surface area contributed by atoms with Crippen LogP contribution in [0.1, 0.15) is 15.9 Å². The zero-order valence-corrected chi connectivity index (χ0v) is 15.3. The SMILES string of the molecule is Cc1ccccc1C(=O)Nc1nn(C(=O)Nc2ccccc2)c2sccc12. The molecule has 4 rings (SSSR count). The summed E-state index contributed by atoms with van der Waals surface area (Å²) in [6.07, 6.45) is 0. The Hall–Kier alpha value is -3.45. The molecule has 7 heteroatoms. The maximum Gasteiger partial charge on any atom is 0.347 e. The van der Waals surface area contributed by atoms with Gasteiger partial charge in [-0.05, 0) is 42.1 Å². The van der Waals surface area contributed by atoms with E-state index in [1.807, 2.05) is 54.8 Å². The predicted molar refractivity (Wildman–Crippen MR) is 108 cm³/mol. The lowest BCUT2D eigenvalue weighted by Gasteiger charge is -2.06. The van der Waals surface area contributed by atoms with Crippen LogP contribution in [-0.2, 0) is 0 Å². The van der Waals surface area contributed by atoms with Crippen LogP contribution in [0.5, 0.6) is 0 Å². The molecule has 0 saturated carbocycles. The first-order valence-corrected chi connectivity index (χ1v) is 9.21. The number of thiophene rings is 1. The van der Waals surface area contributed by atoms with Crippen LogP contribution < -0.4 is 10.6 Å². The number of nitrogens with one attached hydrogen (secondary N) is 2. The molecule has 6 nitrogen and oxygen atoms in total. The molecule has 2 aromatic heterocycles. The number of fused-ring (bicyclic) bond motifs is 1. The molecule has 0 aliphatic carbocycles. The van der Waals surface area contributed by atoms with E-state index < -0.39 is 0 Å². The van der Waals surface area contributed by atoms with Gasteiger partial charge in [0.05, 0.1) is 5.39 Å². The molecule has 2 amide bonds. The van der Waals surface area contributed by atoms with Gasteiger partial charge in [0.15, 0.2) is 5.82 Å². The van der Waals surface area contributed by atoms with Crippen LogP contribution in [0.15, 0.2) is 66.0 Å². The maximum absolute atomic E-state index is 12.6. The minimum atomic E-state index is -0.384. The van der Waals surface area contributed by atoms with Gasteiger partial charge < -0.3 is 10.6 Å². The van der Waals surface area contributed by atoms with Crippen LogP contribution in [-0.4, -0.2) is 21.7 Å². The number of rotatable bonds is 3. The molecule has 27 heavy (non-hydrogen) atoms. The molecule has 4 aromatic rings. The number of anilines is 2. The lowest BCUT2D eigenvalue weighted by Crippen LogP contribution is -2.21. The Balaban J connectivity index is 1.64. The second-order valence-corrected chi connectivity index (χ2v) is 6.86. The fourth-order valence-electron chi connectivity index (χ4n) is 2.78. The molecule has 0 atom stereocenters. The van der Waals surface area contributed by atoms with E-state index in [1.54, 1.807) is 18.2 Å². The van der Waals surface area contributed by atoms with E-state index in [2.05, 4.69) is 15.7 Å². The van der Waals surface area contributed by atoms with E-state index in [0.717, 1.165) is 10.9 Å². The van der Waals surface area contributed by atoms with Crippen LogP contribution in [0.3, 0.4) is 0 Å². The molecule has 2 aromatic carbocycles. The molecule has 0 bridgehead atoms. The minimum Gasteiger partial charge on any atom is -0.306 e. The van der Waals surface area contributed by atoms with Crippen LogP contribution in [0.4, 0.5) is 16.3 Å². The average Bonchev–Trinajstić information content (AvgIpc) is 3.27. The van der Waals surface area contributed by atoms with Gasteiger partial charge in [-0.15, -0.1) is 16.4 Å². The molecule has 2 heterocycles. The van der Waals surface area contributed by atoms with Crippen molar-refractivity contribution in [3.05, 3.63) is 77.2 Å². The van der Waals surface area contributed by atoms with Crippen molar-refractivity contribution in [2.75, 3.05) is 10.6 Å². The third-order valence-electron chi connectivity index (χ3n) is 4.13. The predicted octanol–water partition coefficient (Wildman–Crippen LogP) is 4.74. The topological polar surface area (TPSA) is 76.0 Å². The van der Waals surface area contributed by atoms with E-state index in [4.69, 9.17) is 0 Å². The summed E-state index contributed by atoms with van der Waals surface area (Å²) < 4.78 is 1.28. The summed E-state index contributed by atoms with van der Waals surface area (Å²) in [6, 6.07) is 17.9. The van der Waals surface area contributed by atoms with Crippen LogP contribution in [0.2, 0.25) is 0 Å². The third kappa shape index (κ3) is 3.32. The lowest BCUT2D eigenvalue weighted by atomic mass is 10.1. The Morgan fingerprint density at radius 1 is 0.963 bits per heavy atom. The quantitative estimate of drug-likeness (QED) is 0.542. The number of benzene rings is 2. The van der Waals surface area contributed by atoms with Crippen molar-refractivity contribution >= 4 is 45.0 Å². The number of hydrogen-bond acceptors (Lipinski definition) is 4. The Morgan fingerprint density at radius 3 is 2.48 bits per heavy atom. The van der Waals surface area contributed by atoms with Gasteiger partial charge in [-0.2, -0.15) is 4.68 Å². The van der Waals surface area contributed by atoms with Gasteiger partial charge in [-0.25, -0.2) is 4.79 Å². The van der Waals surface area contributed by atoms with E-state index in [-0.39, 0.29) is 11.9 Å². The van der Waals surface area contributed by atoms with Crippen molar-refractivity contribution < 1.29 is 9.59 Å². The first-order chi connectivity index (χ1) is 13.1. The molecular formula is C20H16N4O2S. The van der Waals surface area contributed by atoms with Gasteiger partial charge in [-0.3, -0.25) is 4.79 Å². The molecule has 2 N–H and O–H groups in total. The highest BCUT2D eigenvalue weighted by Crippen LogP contribution is 2.28. The summed E-state index contributed by atoms with van der Waals surface area (Å²) >= 11 is 1.39. The van der Waals surface area contributed by atoms with E-state index in [0.29, 0.717) is 21.9 Å². The second-order valence-electron chi connectivity index (χ2n) is 5.97. The summed E-state index contributed by atoms with van der Waals surface area (Å²) in [5.74, 6) is 0.108. The molecular weight excluding hydrogens is 360 g/mol. The van der Waals surface area contributed by atoms with E-state index in [1.165, 1.54) is 16.0 Å². The first kappa shape index (κ1) is 17.0. The first-order valence-electron chi connectivity index (χ1n) is 8.33. The highest BCUT2D eigenvalue weighted by atomic mass is 32.1. The molecule has 0 radical (unpaired) electrons. The van der Waals surface area contributed by atoms with E-state index in [9.17, 15) is 9.59 Å². The molecule has 0 unspecified atom stereocenters. The zero-order chi connectivity index (χ0) is 18.8. The van der Waals surface area contributed by atoms with Crippen molar-refractivity contribution in [2.45, 2.75) is 6.92 Å². The van der Waals surface area contributed by atoms with Gasteiger partial charge in [-0.1, -0.05) is 36.4 Å². The summed E-state index contributed by atoms with van der Waals surface area (Å²) in [5, 5.41) is 12.5. The number of carbonyl (C=O) groups is 2. The van der Waals surface area contributed by atoms with Crippen molar-refractivity contribution in [3.8, 4) is 0 Å². The summed E-state index contributed by atoms with van der Waals surface area (Å²) in [7, 11) is 0. The van der Waals surface area contributed by atoms with Crippen LogP contribution in [0, 0.1) is 6.92 Å². The van der Waals surface area contributed by atoms with Crippen LogP contribution >= 0.6 is 11.3 Å². The van der Waals surface area contributed by atoms with Crippen molar-refractivity contribution in [1.82, 2.24) is 9.78 Å². The molecule has 0 fully saturated rings. The van der Waals surface area contributed by atoms with Crippen LogP contribution in [0.25, 0.3) is 10.2 Å². The smallest absolute Gasteiger partial charge is 0.306 e. The summed E-state index contributed by atoms with van der Waals surface area (Å²) in [6.45, 7) is 1.88. The molecule has 0 aliphatic rings. The number of amides is 2. The molecule has 0 aliphatic heterocycles. The summed E-state index contributed by atoms with van der Waals surface area (Å²) in [5.41, 5.74) is 2.12. The molecule has 0 saturated heterocycles. The fraction of sp³-hybridized carbons (Fsp3) is 0.0500. The number of para-hydroxylation sites is 1. The Kier molecular flexibility index (Phi) is 4.43. The zero-order valence-electron chi connectivity index (χ0n) is 14.5. The second kappa shape index (κ2) is 7.05. The Labute approximate surface area is 159 Å². The third-order valence-corrected chi connectivity index (χ3v) is 5.02. The number of aromatic nitrogens is 2. The highest BCUT2D eigenvalue weighted by Gasteiger charge is 2.19. The normalized spacial score (nSPS) is 10.7. The minimum absolute atomic E-state index is 0.255. The Bertz CT molecular complexity index is 1130. The van der Waals surface area contributed by atoms with Gasteiger partial charge in [0.1, 0.15) is 4.83 Å². The van der Waals surface area contributed by atoms with Gasteiger partial charge in [0, 0.05) is 11.3 Å². The lowest BCUT2D eigenvalue weighted by molar-refractivity contribution is 0.102. The van der Waals surface area contributed by atoms with Gasteiger partial charge in [0.25, 0.3) is 5.91 Å². The Morgan fingerprint density at radius 2 is 1.70 bits per heavy atom. The number of hydrogen-bond donors (Lipinski definition) is 2. The summed E-state index contributed by atoms with van der Waals surface area (Å²) in [4.78, 5) is 25.9. The monoisotopic (exact) mass is 376 g/mol. The number of carbonyl (C=O) groups excluding carboxylic acids is 2. The van der Waals surface area contributed by atoms with Crippen molar-refractivity contribution in [3.63, 3.8) is 0 Å². The number of aryl methyl sites for hydroxylation is 1. The number of nitrogens with zero attached hydrogens (tertiary/aromatic N) is 2. The largest absolute Gasteiger partial charge is 0.347 e. The fourth-order valence-corrected chi connectivity index (χ4v) is 3.62. The standard InChI is InChI=1S/C20H16N4O2S/c1-13-7-5-6-10-15(13)18(25)22-17-16-11-12-27-19(16)24(23-17)20(26)21-14-8-3-2-4-9-14/h2-12H,1H3,(H,21,26)(H,22,23,25). The van der Waals surface area contributed by atoms with E-state index >= 15 is 0 Å². The van der Waals surface area contributed by atoms with Gasteiger partial charge >= 0.3 is 6.03 Å². The molecule has 134 valence electrons. The average molecular weight is 376 g/mol. The maximum atomic E-state index is 12.6. The van der Waals surface area contributed by atoms with Crippen molar-refractivity contribution in [1.29, 1.82) is 0 Å². The van der Waals surface area contributed by atoms with Crippen molar-refractivity contribution in [2.24, 2.45) is 0 Å². The highest BCUT2D eigenvalue weighted by molar-refractivity contribution is 7.17. The van der Waals surface area contributed by atoms with Gasteiger partial charge in [0.2, 0.25) is 0 Å².